The maximum Gasteiger partial charge on any atom is 0.379 e. The van der Waals surface area contributed by atoms with Crippen molar-refractivity contribution in [2.24, 2.45) is 5.10 Å². The zero-order valence-corrected chi connectivity index (χ0v) is 15.5. The molecule has 0 bridgehead atoms. The molecule has 0 saturated heterocycles. The van der Waals surface area contributed by atoms with Gasteiger partial charge in [-0.15, -0.1) is 0 Å². The molecular weight excluding hydrogens is 396 g/mol. The highest BCUT2D eigenvalue weighted by molar-refractivity contribution is 5.96. The van der Waals surface area contributed by atoms with E-state index in [-0.39, 0.29) is 22.8 Å². The molecule has 4 N–H and O–H groups in total. The minimum absolute atomic E-state index is 0.0386. The van der Waals surface area contributed by atoms with Crippen molar-refractivity contribution < 1.29 is 38.8 Å². The van der Waals surface area contributed by atoms with E-state index in [1.807, 2.05) is 0 Å². The lowest BCUT2D eigenvalue weighted by molar-refractivity contribution is 0.0696. The van der Waals surface area contributed by atoms with E-state index in [1.165, 1.54) is 37.8 Å². The van der Waals surface area contributed by atoms with E-state index in [1.54, 1.807) is 12.1 Å². The molecule has 30 heavy (non-hydrogen) atoms. The fourth-order valence-electron chi connectivity index (χ4n) is 2.36. The van der Waals surface area contributed by atoms with E-state index in [9.17, 15) is 24.9 Å². The molecule has 0 aliphatic carbocycles. The number of hydrogen-bond donors (Lipinski definition) is 4. The summed E-state index contributed by atoms with van der Waals surface area (Å²) in [4.78, 5) is 24.0. The second-order valence-electron chi connectivity index (χ2n) is 5.84. The Balaban J connectivity index is 1.68. The number of phenols is 3. The molecule has 3 aromatic rings. The topological polar surface area (TPSA) is 151 Å². The van der Waals surface area contributed by atoms with Crippen LogP contribution in [0.1, 0.15) is 26.5 Å². The highest BCUT2D eigenvalue weighted by atomic mass is 16.6. The summed E-state index contributed by atoms with van der Waals surface area (Å²) in [6, 6.07) is 9.56. The maximum absolute atomic E-state index is 12.0. The highest BCUT2D eigenvalue weighted by Gasteiger charge is 2.15. The Morgan fingerprint density at radius 2 is 1.80 bits per heavy atom. The third-order valence-corrected chi connectivity index (χ3v) is 3.82. The second kappa shape index (κ2) is 8.69. The van der Waals surface area contributed by atoms with Gasteiger partial charge in [0.15, 0.2) is 28.7 Å². The number of carbonyl (C=O) groups is 2. The number of benzene rings is 2. The van der Waals surface area contributed by atoms with Gasteiger partial charge in [0.25, 0.3) is 5.91 Å². The van der Waals surface area contributed by atoms with Crippen LogP contribution in [0.5, 0.6) is 28.7 Å². The number of phenolic OH excluding ortho intramolecular Hbond substituents is 3. The summed E-state index contributed by atoms with van der Waals surface area (Å²) >= 11 is 0. The molecule has 2 aromatic carbocycles. The van der Waals surface area contributed by atoms with Crippen molar-refractivity contribution in [1.82, 2.24) is 5.43 Å². The summed E-state index contributed by atoms with van der Waals surface area (Å²) in [6.45, 7) is 0. The monoisotopic (exact) mass is 412 g/mol. The van der Waals surface area contributed by atoms with Crippen LogP contribution in [0.4, 0.5) is 0 Å². The molecule has 0 fully saturated rings. The average molecular weight is 412 g/mol. The van der Waals surface area contributed by atoms with Crippen LogP contribution in [0, 0.1) is 0 Å². The number of hydrogen-bond acceptors (Lipinski definition) is 9. The van der Waals surface area contributed by atoms with Gasteiger partial charge in [0, 0.05) is 5.56 Å². The first kappa shape index (κ1) is 20.3. The molecule has 0 saturated carbocycles. The van der Waals surface area contributed by atoms with Crippen molar-refractivity contribution in [3.63, 3.8) is 0 Å². The quantitative estimate of drug-likeness (QED) is 0.158. The molecule has 0 aliphatic heterocycles. The molecule has 0 aliphatic rings. The van der Waals surface area contributed by atoms with Crippen LogP contribution < -0.4 is 14.9 Å². The van der Waals surface area contributed by atoms with E-state index in [4.69, 9.17) is 13.9 Å². The second-order valence-corrected chi connectivity index (χ2v) is 5.84. The van der Waals surface area contributed by atoms with Gasteiger partial charge in [0.1, 0.15) is 0 Å². The first-order chi connectivity index (χ1) is 14.4. The number of amides is 1. The zero-order chi connectivity index (χ0) is 21.7. The van der Waals surface area contributed by atoms with E-state index in [2.05, 4.69) is 10.5 Å². The van der Waals surface area contributed by atoms with Crippen LogP contribution in [0.15, 0.2) is 58.2 Å². The number of nitrogens with one attached hydrogen (secondary N) is 1. The van der Waals surface area contributed by atoms with Crippen molar-refractivity contribution in [1.29, 1.82) is 0 Å². The van der Waals surface area contributed by atoms with Crippen molar-refractivity contribution >= 4 is 18.1 Å². The van der Waals surface area contributed by atoms with Gasteiger partial charge in [-0.05, 0) is 48.0 Å². The van der Waals surface area contributed by atoms with E-state index < -0.39 is 29.1 Å². The fourth-order valence-corrected chi connectivity index (χ4v) is 2.36. The summed E-state index contributed by atoms with van der Waals surface area (Å²) in [6.07, 6.45) is 2.65. The van der Waals surface area contributed by atoms with Gasteiger partial charge >= 0.3 is 5.97 Å². The molecule has 1 aromatic heterocycles. The Kier molecular flexibility index (Phi) is 5.87. The van der Waals surface area contributed by atoms with Gasteiger partial charge in [-0.1, -0.05) is 0 Å². The molecule has 0 atom stereocenters. The molecule has 154 valence electrons. The number of esters is 1. The minimum atomic E-state index is -0.729. The highest BCUT2D eigenvalue weighted by Crippen LogP contribution is 2.35. The van der Waals surface area contributed by atoms with E-state index in [0.717, 1.165) is 12.1 Å². The molecule has 1 heterocycles. The predicted octanol–water partition coefficient (Wildman–Crippen LogP) is 2.39. The number of aromatic hydroxyl groups is 3. The lowest BCUT2D eigenvalue weighted by atomic mass is 10.2. The van der Waals surface area contributed by atoms with Gasteiger partial charge in [-0.25, -0.2) is 10.2 Å². The summed E-state index contributed by atoms with van der Waals surface area (Å²) in [5.41, 5.74) is 2.61. The molecule has 3 rings (SSSR count). The smallest absolute Gasteiger partial charge is 0.379 e. The molecule has 0 spiro atoms. The normalized spacial score (nSPS) is 10.7. The van der Waals surface area contributed by atoms with E-state index >= 15 is 0 Å². The van der Waals surface area contributed by atoms with Crippen LogP contribution in [-0.4, -0.2) is 40.5 Å². The van der Waals surface area contributed by atoms with Crippen molar-refractivity contribution in [3.8, 4) is 28.7 Å². The standard InChI is InChI=1S/C20H16N2O8/c1-28-17-7-11(4-5-15(17)30-20(27)16-3-2-6-29-16)10-21-22-19(26)12-8-13(23)18(25)14(24)9-12/h2-10,23-25H,1H3,(H,22,26). The third-order valence-electron chi connectivity index (χ3n) is 3.82. The summed E-state index contributed by atoms with van der Waals surface area (Å²) < 4.78 is 15.4. The summed E-state index contributed by atoms with van der Waals surface area (Å²) in [5, 5.41) is 32.0. The third kappa shape index (κ3) is 4.50. The van der Waals surface area contributed by atoms with Crippen LogP contribution in [0.25, 0.3) is 0 Å². The minimum Gasteiger partial charge on any atom is -0.504 e. The Hall–Kier alpha value is -4.47. The maximum atomic E-state index is 12.0. The first-order valence-corrected chi connectivity index (χ1v) is 8.41. The Bertz CT molecular complexity index is 1080. The lowest BCUT2D eigenvalue weighted by Crippen LogP contribution is -2.17. The number of ether oxygens (including phenoxy) is 2. The van der Waals surface area contributed by atoms with Gasteiger partial charge in [0.2, 0.25) is 5.76 Å². The Labute approximate surface area is 169 Å². The fraction of sp³-hybridized carbons (Fsp3) is 0.0500. The Morgan fingerprint density at radius 1 is 1.07 bits per heavy atom. The van der Waals surface area contributed by atoms with Gasteiger partial charge < -0.3 is 29.2 Å². The van der Waals surface area contributed by atoms with Crippen LogP contribution >= 0.6 is 0 Å². The SMILES string of the molecule is COc1cc(C=NNC(=O)c2cc(O)c(O)c(O)c2)ccc1OC(=O)c1ccco1. The molecular formula is C20H16N2O8. The largest absolute Gasteiger partial charge is 0.504 e. The van der Waals surface area contributed by atoms with Gasteiger partial charge in [0.05, 0.1) is 19.6 Å². The van der Waals surface area contributed by atoms with Gasteiger partial charge in [-0.3, -0.25) is 4.79 Å². The molecule has 0 radical (unpaired) electrons. The van der Waals surface area contributed by atoms with Crippen LogP contribution in [-0.2, 0) is 0 Å². The van der Waals surface area contributed by atoms with Gasteiger partial charge in [-0.2, -0.15) is 5.10 Å². The molecule has 0 unspecified atom stereocenters. The van der Waals surface area contributed by atoms with Crippen molar-refractivity contribution in [2.75, 3.05) is 7.11 Å². The number of methoxy groups -OCH3 is 1. The van der Waals surface area contributed by atoms with E-state index in [0.29, 0.717) is 5.56 Å². The molecule has 1 amide bonds. The number of hydrazone groups is 1. The average Bonchev–Trinajstić information content (AvgIpc) is 3.27. The summed E-state index contributed by atoms with van der Waals surface area (Å²) in [5.74, 6) is -2.98. The lowest BCUT2D eigenvalue weighted by Gasteiger charge is -2.09. The number of carbonyl (C=O) groups excluding carboxylic acids is 2. The predicted molar refractivity (Wildman–Crippen MR) is 103 cm³/mol. The number of rotatable bonds is 6. The van der Waals surface area contributed by atoms with Crippen molar-refractivity contribution in [2.45, 2.75) is 0 Å². The first-order valence-electron chi connectivity index (χ1n) is 8.41. The van der Waals surface area contributed by atoms with Crippen molar-refractivity contribution in [3.05, 3.63) is 65.6 Å². The van der Waals surface area contributed by atoms with Crippen LogP contribution in [0.3, 0.4) is 0 Å². The number of nitrogens with zero attached hydrogens (tertiary/aromatic N) is 1. The molecule has 10 nitrogen and oxygen atoms in total. The summed E-state index contributed by atoms with van der Waals surface area (Å²) in [7, 11) is 1.39. The molecule has 10 heteroatoms. The Morgan fingerprint density at radius 3 is 2.43 bits per heavy atom. The number of furan rings is 1. The van der Waals surface area contributed by atoms with Crippen LogP contribution in [0.2, 0.25) is 0 Å². The zero-order valence-electron chi connectivity index (χ0n) is 15.5.